The molecule has 0 aliphatic heterocycles. The van der Waals surface area contributed by atoms with Crippen molar-refractivity contribution in [3.05, 3.63) is 17.5 Å². The molecule has 0 unspecified atom stereocenters. The Labute approximate surface area is 156 Å². The molecule has 0 fully saturated rings. The molecule has 1 aromatic rings. The molecule has 0 aromatic carbocycles. The fraction of sp³-hybridized carbons (Fsp3) is 0.750. The van der Waals surface area contributed by atoms with Gasteiger partial charge in [0.05, 0.1) is 18.8 Å². The molecule has 0 spiro atoms. The van der Waals surface area contributed by atoms with Gasteiger partial charge in [0, 0.05) is 26.3 Å². The number of aromatic nitrogens is 1. The van der Waals surface area contributed by atoms with Crippen LogP contribution in [0.15, 0.2) is 15.6 Å². The lowest BCUT2D eigenvalue weighted by Gasteiger charge is -2.11. The lowest BCUT2D eigenvalue weighted by Crippen LogP contribution is -2.38. The number of aliphatic imine (C=N–C) groups is 1. The zero-order chi connectivity index (χ0) is 16.4. The van der Waals surface area contributed by atoms with Gasteiger partial charge in [-0.2, -0.15) is 0 Å². The number of halogens is 1. The first-order valence-electron chi connectivity index (χ1n) is 8.00. The second-order valence-electron chi connectivity index (χ2n) is 6.02. The van der Waals surface area contributed by atoms with E-state index < -0.39 is 0 Å². The first-order chi connectivity index (χ1) is 10.5. The highest BCUT2D eigenvalue weighted by molar-refractivity contribution is 14.0. The van der Waals surface area contributed by atoms with Gasteiger partial charge in [0.25, 0.3) is 0 Å². The van der Waals surface area contributed by atoms with E-state index in [0.29, 0.717) is 25.0 Å². The third-order valence-electron chi connectivity index (χ3n) is 3.20. The molecular formula is C16H31IN4O2. The summed E-state index contributed by atoms with van der Waals surface area (Å²) in [6, 6.07) is 1.97. The fourth-order valence-corrected chi connectivity index (χ4v) is 1.74. The summed E-state index contributed by atoms with van der Waals surface area (Å²) in [5.74, 6) is 2.59. The smallest absolute Gasteiger partial charge is 0.191 e. The number of hydrogen-bond acceptors (Lipinski definition) is 4. The van der Waals surface area contributed by atoms with E-state index in [-0.39, 0.29) is 24.0 Å². The third kappa shape index (κ3) is 9.80. The zero-order valence-electron chi connectivity index (χ0n) is 14.9. The maximum absolute atomic E-state index is 5.56. The Balaban J connectivity index is 0.00000484. The van der Waals surface area contributed by atoms with Gasteiger partial charge in [0.2, 0.25) is 0 Å². The van der Waals surface area contributed by atoms with E-state index in [9.17, 15) is 0 Å². The molecule has 0 saturated carbocycles. The SMILES string of the molecule is CN=C(NCCOCCC(C)C)NCc1cc(C(C)C)no1.I. The fourth-order valence-electron chi connectivity index (χ4n) is 1.74. The molecule has 0 amide bonds. The van der Waals surface area contributed by atoms with Crippen molar-refractivity contribution in [3.63, 3.8) is 0 Å². The lowest BCUT2D eigenvalue weighted by molar-refractivity contribution is 0.128. The molecule has 0 saturated heterocycles. The van der Waals surface area contributed by atoms with Crippen LogP contribution >= 0.6 is 24.0 Å². The minimum Gasteiger partial charge on any atom is -0.380 e. The first-order valence-corrected chi connectivity index (χ1v) is 8.00. The van der Waals surface area contributed by atoms with Gasteiger partial charge in [-0.25, -0.2) is 0 Å². The Hall–Kier alpha value is -0.830. The van der Waals surface area contributed by atoms with Crippen LogP contribution in [0.1, 0.15) is 51.5 Å². The highest BCUT2D eigenvalue weighted by atomic mass is 127. The zero-order valence-corrected chi connectivity index (χ0v) is 17.2. The summed E-state index contributed by atoms with van der Waals surface area (Å²) in [6.07, 6.45) is 1.09. The van der Waals surface area contributed by atoms with Crippen molar-refractivity contribution in [1.82, 2.24) is 15.8 Å². The quantitative estimate of drug-likeness (QED) is 0.268. The van der Waals surface area contributed by atoms with Gasteiger partial charge in [-0.3, -0.25) is 4.99 Å². The van der Waals surface area contributed by atoms with Crippen LogP contribution in [-0.4, -0.2) is 37.9 Å². The minimum atomic E-state index is 0. The lowest BCUT2D eigenvalue weighted by atomic mass is 10.1. The van der Waals surface area contributed by atoms with Crippen LogP contribution in [0.2, 0.25) is 0 Å². The van der Waals surface area contributed by atoms with Crippen LogP contribution < -0.4 is 10.6 Å². The number of hydrogen-bond donors (Lipinski definition) is 2. The predicted molar refractivity (Wildman–Crippen MR) is 104 cm³/mol. The number of nitrogens with zero attached hydrogens (tertiary/aromatic N) is 2. The van der Waals surface area contributed by atoms with Gasteiger partial charge in [0.15, 0.2) is 11.7 Å². The summed E-state index contributed by atoms with van der Waals surface area (Å²) in [4.78, 5) is 4.17. The number of ether oxygens (including phenoxy) is 1. The van der Waals surface area contributed by atoms with Crippen LogP contribution in [0.5, 0.6) is 0 Å². The summed E-state index contributed by atoms with van der Waals surface area (Å²) in [6.45, 7) is 11.3. The molecule has 23 heavy (non-hydrogen) atoms. The molecule has 134 valence electrons. The van der Waals surface area contributed by atoms with Gasteiger partial charge in [-0.05, 0) is 18.3 Å². The summed E-state index contributed by atoms with van der Waals surface area (Å²) in [5, 5.41) is 10.4. The Bertz CT molecular complexity index is 447. The second kappa shape index (κ2) is 12.6. The molecule has 0 radical (unpaired) electrons. The minimum absolute atomic E-state index is 0. The number of rotatable bonds is 9. The van der Waals surface area contributed by atoms with E-state index >= 15 is 0 Å². The second-order valence-corrected chi connectivity index (χ2v) is 6.02. The van der Waals surface area contributed by atoms with E-state index in [4.69, 9.17) is 9.26 Å². The van der Waals surface area contributed by atoms with Crippen LogP contribution in [-0.2, 0) is 11.3 Å². The van der Waals surface area contributed by atoms with Gasteiger partial charge in [-0.15, -0.1) is 24.0 Å². The van der Waals surface area contributed by atoms with Crippen molar-refractivity contribution in [2.45, 2.75) is 46.6 Å². The average Bonchev–Trinajstić information content (AvgIpc) is 2.94. The van der Waals surface area contributed by atoms with Gasteiger partial charge >= 0.3 is 0 Å². The Morgan fingerprint density at radius 3 is 2.57 bits per heavy atom. The first kappa shape index (κ1) is 22.2. The number of nitrogens with one attached hydrogen (secondary N) is 2. The maximum Gasteiger partial charge on any atom is 0.191 e. The summed E-state index contributed by atoms with van der Waals surface area (Å²) in [7, 11) is 1.74. The van der Waals surface area contributed by atoms with Gasteiger partial charge in [-0.1, -0.05) is 32.9 Å². The highest BCUT2D eigenvalue weighted by Crippen LogP contribution is 2.13. The van der Waals surface area contributed by atoms with Crippen molar-refractivity contribution in [1.29, 1.82) is 0 Å². The Kier molecular flexibility index (Phi) is 12.1. The maximum atomic E-state index is 5.56. The summed E-state index contributed by atoms with van der Waals surface area (Å²) in [5.41, 5.74) is 0.971. The van der Waals surface area contributed by atoms with Crippen LogP contribution in [0.3, 0.4) is 0 Å². The van der Waals surface area contributed by atoms with Crippen LogP contribution in [0.25, 0.3) is 0 Å². The molecule has 0 aliphatic rings. The van der Waals surface area contributed by atoms with E-state index in [1.54, 1.807) is 7.05 Å². The van der Waals surface area contributed by atoms with Crippen molar-refractivity contribution in [2.75, 3.05) is 26.8 Å². The van der Waals surface area contributed by atoms with E-state index in [2.05, 4.69) is 48.5 Å². The molecule has 0 aliphatic carbocycles. The Morgan fingerprint density at radius 2 is 2.00 bits per heavy atom. The van der Waals surface area contributed by atoms with Crippen molar-refractivity contribution < 1.29 is 9.26 Å². The van der Waals surface area contributed by atoms with E-state index in [0.717, 1.165) is 37.0 Å². The largest absolute Gasteiger partial charge is 0.380 e. The molecule has 7 heteroatoms. The molecule has 2 N–H and O–H groups in total. The van der Waals surface area contributed by atoms with Gasteiger partial charge < -0.3 is 19.9 Å². The van der Waals surface area contributed by atoms with Crippen molar-refractivity contribution >= 4 is 29.9 Å². The molecular weight excluding hydrogens is 407 g/mol. The topological polar surface area (TPSA) is 71.7 Å². The summed E-state index contributed by atoms with van der Waals surface area (Å²) < 4.78 is 10.8. The van der Waals surface area contributed by atoms with Gasteiger partial charge in [0.1, 0.15) is 0 Å². The van der Waals surface area contributed by atoms with Crippen molar-refractivity contribution in [2.24, 2.45) is 10.9 Å². The normalized spacial score (nSPS) is 11.7. The van der Waals surface area contributed by atoms with Crippen LogP contribution in [0.4, 0.5) is 0 Å². The molecule has 0 bridgehead atoms. The van der Waals surface area contributed by atoms with Crippen LogP contribution in [0, 0.1) is 5.92 Å². The van der Waals surface area contributed by atoms with E-state index in [1.165, 1.54) is 0 Å². The highest BCUT2D eigenvalue weighted by Gasteiger charge is 2.08. The Morgan fingerprint density at radius 1 is 1.26 bits per heavy atom. The third-order valence-corrected chi connectivity index (χ3v) is 3.20. The molecule has 1 heterocycles. The predicted octanol–water partition coefficient (Wildman–Crippen LogP) is 3.14. The molecule has 0 atom stereocenters. The monoisotopic (exact) mass is 438 g/mol. The number of guanidine groups is 1. The van der Waals surface area contributed by atoms with E-state index in [1.807, 2.05) is 6.07 Å². The average molecular weight is 438 g/mol. The molecule has 6 nitrogen and oxygen atoms in total. The van der Waals surface area contributed by atoms with Crippen molar-refractivity contribution in [3.8, 4) is 0 Å². The molecule has 1 aromatic heterocycles. The standard InChI is InChI=1S/C16H30N4O2.HI/c1-12(2)6-8-21-9-7-18-16(17-5)19-11-14-10-15(13(3)4)20-22-14;/h10,12-13H,6-9,11H2,1-5H3,(H2,17,18,19);1H. The molecule has 1 rings (SSSR count). The summed E-state index contributed by atoms with van der Waals surface area (Å²) >= 11 is 0.